The SMILES string of the molecule is CC(C)[C](C)([Al])CN(C)C. The first kappa shape index (κ1) is 10.5. The van der Waals surface area contributed by atoms with Gasteiger partial charge in [-0.05, 0) is 20.6 Å². The van der Waals surface area contributed by atoms with Crippen molar-refractivity contribution in [1.82, 2.24) is 4.90 Å². The molecular weight excluding hydrogens is 137 g/mol. The molecule has 1 atom stereocenters. The molecule has 0 saturated heterocycles. The summed E-state index contributed by atoms with van der Waals surface area (Å²) in [5, 5.41) is 0. The van der Waals surface area contributed by atoms with Crippen molar-refractivity contribution in [2.45, 2.75) is 25.0 Å². The van der Waals surface area contributed by atoms with Gasteiger partial charge in [0.2, 0.25) is 0 Å². The summed E-state index contributed by atoms with van der Waals surface area (Å²) in [6.45, 7) is 7.94. The lowest BCUT2D eigenvalue weighted by Gasteiger charge is -2.33. The summed E-state index contributed by atoms with van der Waals surface area (Å²) in [7, 11) is 4.23. The standard InChI is InChI=1S/C8H18N.Al/c1-7(2)8(3)6-9(4)5;/h7H,6H2,1-5H3;. The highest BCUT2D eigenvalue weighted by atomic mass is 27.0. The first-order chi connectivity index (χ1) is 4.36. The average Bonchev–Trinajstić information content (AvgIpc) is 1.60. The summed E-state index contributed by atoms with van der Waals surface area (Å²) in [5.41, 5.74) is 0. The minimum Gasteiger partial charge on any atom is -0.310 e. The summed E-state index contributed by atoms with van der Waals surface area (Å²) < 4.78 is 0.365. The highest BCUT2D eigenvalue weighted by Gasteiger charge is 2.20. The topological polar surface area (TPSA) is 3.24 Å². The quantitative estimate of drug-likeness (QED) is 0.559. The van der Waals surface area contributed by atoms with Crippen LogP contribution in [0.4, 0.5) is 0 Å². The van der Waals surface area contributed by atoms with Gasteiger partial charge >= 0.3 is 0 Å². The lowest BCUT2D eigenvalue weighted by molar-refractivity contribution is 0.302. The molecule has 0 bridgehead atoms. The third-order valence-corrected chi connectivity index (χ3v) is 2.83. The first-order valence-electron chi connectivity index (χ1n) is 3.80. The van der Waals surface area contributed by atoms with Gasteiger partial charge in [0, 0.05) is 0 Å². The van der Waals surface area contributed by atoms with Gasteiger partial charge in [-0.15, -0.1) is 0 Å². The van der Waals surface area contributed by atoms with E-state index in [0.717, 1.165) is 12.5 Å². The number of nitrogens with zero attached hydrogens (tertiary/aromatic N) is 1. The van der Waals surface area contributed by atoms with Crippen LogP contribution in [0.2, 0.25) is 4.28 Å². The van der Waals surface area contributed by atoms with E-state index in [1.165, 1.54) is 0 Å². The lowest BCUT2D eigenvalue weighted by Crippen LogP contribution is -2.29. The molecule has 0 fully saturated rings. The number of hydrogen-bond donors (Lipinski definition) is 0. The maximum absolute atomic E-state index is 2.93. The van der Waals surface area contributed by atoms with Crippen molar-refractivity contribution in [1.29, 1.82) is 0 Å². The molecule has 2 heteroatoms. The molecule has 58 valence electrons. The second-order valence-electron chi connectivity index (χ2n) is 3.90. The summed E-state index contributed by atoms with van der Waals surface area (Å²) in [4.78, 5) is 2.23. The second-order valence-corrected chi connectivity index (χ2v) is 5.22. The van der Waals surface area contributed by atoms with Gasteiger partial charge in [0.15, 0.2) is 0 Å². The summed E-state index contributed by atoms with van der Waals surface area (Å²) in [6.07, 6.45) is 0. The largest absolute Gasteiger partial charge is 0.310 e. The van der Waals surface area contributed by atoms with Gasteiger partial charge in [-0.2, -0.15) is 0 Å². The molecule has 0 aromatic rings. The zero-order chi connectivity index (χ0) is 8.36. The van der Waals surface area contributed by atoms with Crippen molar-refractivity contribution >= 4 is 16.3 Å². The van der Waals surface area contributed by atoms with Crippen LogP contribution in [-0.2, 0) is 0 Å². The molecular formula is C8H18AlN. The van der Waals surface area contributed by atoms with E-state index < -0.39 is 0 Å². The van der Waals surface area contributed by atoms with Crippen molar-refractivity contribution < 1.29 is 0 Å². The van der Waals surface area contributed by atoms with Crippen LogP contribution in [0.25, 0.3) is 0 Å². The third-order valence-electron chi connectivity index (χ3n) is 1.98. The van der Waals surface area contributed by atoms with E-state index in [2.05, 4.69) is 56.1 Å². The van der Waals surface area contributed by atoms with Crippen LogP contribution in [0.15, 0.2) is 0 Å². The molecule has 0 aliphatic rings. The molecule has 1 nitrogen and oxygen atoms in total. The van der Waals surface area contributed by atoms with Crippen molar-refractivity contribution in [2.24, 2.45) is 5.92 Å². The van der Waals surface area contributed by atoms with Gasteiger partial charge in [0.25, 0.3) is 0 Å². The Morgan fingerprint density at radius 1 is 1.40 bits per heavy atom. The van der Waals surface area contributed by atoms with Crippen LogP contribution in [0.1, 0.15) is 20.8 Å². The van der Waals surface area contributed by atoms with E-state index in [9.17, 15) is 0 Å². The van der Waals surface area contributed by atoms with Crippen molar-refractivity contribution in [3.63, 3.8) is 0 Å². The van der Waals surface area contributed by atoms with Gasteiger partial charge in [-0.25, -0.2) is 0 Å². The minimum atomic E-state index is 0.365. The number of hydrogen-bond acceptors (Lipinski definition) is 1. The van der Waals surface area contributed by atoms with Gasteiger partial charge in [0.05, 0.1) is 0 Å². The molecule has 0 aliphatic heterocycles. The maximum atomic E-state index is 2.93. The molecule has 0 rings (SSSR count). The zero-order valence-electron chi connectivity index (χ0n) is 7.81. The number of rotatable bonds is 3. The van der Waals surface area contributed by atoms with Crippen LogP contribution >= 0.6 is 0 Å². The van der Waals surface area contributed by atoms with Crippen LogP contribution < -0.4 is 0 Å². The van der Waals surface area contributed by atoms with Crippen molar-refractivity contribution in [3.05, 3.63) is 0 Å². The van der Waals surface area contributed by atoms with Crippen LogP contribution in [-0.4, -0.2) is 41.8 Å². The molecule has 0 amide bonds. The normalized spacial score (nSPS) is 17.9. The lowest BCUT2D eigenvalue weighted by atomic mass is 9.96. The Balaban J connectivity index is 3.87. The smallest absolute Gasteiger partial charge is 0.131 e. The van der Waals surface area contributed by atoms with Gasteiger partial charge in [-0.1, -0.05) is 31.0 Å². The molecule has 0 aromatic carbocycles. The fourth-order valence-corrected chi connectivity index (χ4v) is 1.23. The Hall–Kier alpha value is 0.492. The Bertz CT molecular complexity index is 97.4. The summed E-state index contributed by atoms with van der Waals surface area (Å²) in [5.74, 6) is 0.722. The van der Waals surface area contributed by atoms with E-state index in [1.807, 2.05) is 0 Å². The molecule has 0 heterocycles. The summed E-state index contributed by atoms with van der Waals surface area (Å²) in [6, 6.07) is 0. The Labute approximate surface area is 73.2 Å². The maximum Gasteiger partial charge on any atom is 0.131 e. The molecule has 1 unspecified atom stereocenters. The van der Waals surface area contributed by atoms with Crippen molar-refractivity contribution in [3.8, 4) is 0 Å². The fourth-order valence-electron chi connectivity index (χ4n) is 0.864. The van der Waals surface area contributed by atoms with E-state index in [4.69, 9.17) is 0 Å². The van der Waals surface area contributed by atoms with E-state index in [0.29, 0.717) is 4.28 Å². The van der Waals surface area contributed by atoms with E-state index in [1.54, 1.807) is 0 Å². The molecule has 2 radical (unpaired) electrons. The predicted octanol–water partition coefficient (Wildman–Crippen LogP) is 1.55. The molecule has 0 aliphatic carbocycles. The highest BCUT2D eigenvalue weighted by molar-refractivity contribution is 6.15. The molecule has 0 aromatic heterocycles. The van der Waals surface area contributed by atoms with Crippen molar-refractivity contribution in [2.75, 3.05) is 20.6 Å². The zero-order valence-corrected chi connectivity index (χ0v) is 8.96. The molecule has 0 N–H and O–H groups in total. The molecule has 10 heavy (non-hydrogen) atoms. The minimum absolute atomic E-state index is 0.365. The molecule has 0 saturated carbocycles. The van der Waals surface area contributed by atoms with E-state index in [-0.39, 0.29) is 0 Å². The van der Waals surface area contributed by atoms with Gasteiger partial charge in [-0.3, -0.25) is 0 Å². The van der Waals surface area contributed by atoms with Crippen LogP contribution in [0.3, 0.4) is 0 Å². The monoisotopic (exact) mass is 155 g/mol. The highest BCUT2D eigenvalue weighted by Crippen LogP contribution is 2.30. The third kappa shape index (κ3) is 3.61. The fraction of sp³-hybridized carbons (Fsp3) is 1.00. The summed E-state index contributed by atoms with van der Waals surface area (Å²) >= 11 is 2.93. The average molecular weight is 155 g/mol. The van der Waals surface area contributed by atoms with Gasteiger partial charge < -0.3 is 4.90 Å². The predicted molar refractivity (Wildman–Crippen MR) is 47.5 cm³/mol. The second kappa shape index (κ2) is 3.76. The first-order valence-corrected chi connectivity index (χ1v) is 4.37. The van der Waals surface area contributed by atoms with Crippen LogP contribution in [0, 0.1) is 5.92 Å². The molecule has 0 spiro atoms. The van der Waals surface area contributed by atoms with Crippen LogP contribution in [0.5, 0.6) is 0 Å². The Morgan fingerprint density at radius 3 is 1.90 bits per heavy atom. The Morgan fingerprint density at radius 2 is 1.80 bits per heavy atom. The van der Waals surface area contributed by atoms with Gasteiger partial charge in [0.1, 0.15) is 16.3 Å². The van der Waals surface area contributed by atoms with E-state index >= 15 is 0 Å². The Kier molecular flexibility index (Phi) is 3.95.